The van der Waals surface area contributed by atoms with Gasteiger partial charge in [0.05, 0.1) is 53.8 Å². The van der Waals surface area contributed by atoms with Crippen LogP contribution in [0.3, 0.4) is 0 Å². The lowest BCUT2D eigenvalue weighted by atomic mass is 10.0. The number of nitrogens with one attached hydrogen (secondary N) is 1. The van der Waals surface area contributed by atoms with Crippen LogP contribution >= 0.6 is 0 Å². The number of amidine groups is 1. The number of allylic oxidation sites excluding steroid dienone is 1. The van der Waals surface area contributed by atoms with Gasteiger partial charge in [0.2, 0.25) is 0 Å². The van der Waals surface area contributed by atoms with Gasteiger partial charge in [-0.25, -0.2) is 18.2 Å². The van der Waals surface area contributed by atoms with E-state index in [-0.39, 0.29) is 23.7 Å². The molecule has 1 aromatic heterocycles. The molecule has 0 fully saturated rings. The summed E-state index contributed by atoms with van der Waals surface area (Å²) in [6, 6.07) is 2.76. The van der Waals surface area contributed by atoms with Crippen molar-refractivity contribution in [2.75, 3.05) is 6.54 Å². The summed E-state index contributed by atoms with van der Waals surface area (Å²) in [5.74, 6) is -1.19. The zero-order chi connectivity index (χ0) is 25.5. The van der Waals surface area contributed by atoms with Crippen molar-refractivity contribution in [1.82, 2.24) is 20.1 Å². The molecule has 2 aromatic rings. The minimum Gasteiger partial charge on any atom is -0.389 e. The van der Waals surface area contributed by atoms with Crippen LogP contribution in [-0.2, 0) is 11.3 Å². The predicted molar refractivity (Wildman–Crippen MR) is 125 cm³/mol. The highest BCUT2D eigenvalue weighted by Crippen LogP contribution is 2.28. The van der Waals surface area contributed by atoms with Crippen LogP contribution in [0, 0.1) is 5.82 Å². The Morgan fingerprint density at radius 1 is 1.31 bits per heavy atom. The second-order valence-electron chi connectivity index (χ2n) is 9.41. The molecule has 4 rings (SSSR count). The molecule has 0 aliphatic carbocycles. The highest BCUT2D eigenvalue weighted by atomic mass is 19.3. The molecule has 0 bridgehead atoms. The molecule has 2 aliphatic heterocycles. The number of rotatable bonds is 7. The quantitative estimate of drug-likeness (QED) is 0.625. The number of benzene rings is 1. The minimum atomic E-state index is -2.96. The van der Waals surface area contributed by atoms with Crippen molar-refractivity contribution in [1.29, 1.82) is 0 Å². The SMILES string of the molecule is C[C@@H]1CN2N=C(c3cnn(CC(C)(C)O)c3)C=C(C(=O)N[C@H](C)c3cccc(C(F)F)c3F)C2=N1. The van der Waals surface area contributed by atoms with E-state index in [2.05, 4.69) is 20.5 Å². The second kappa shape index (κ2) is 9.29. The highest BCUT2D eigenvalue weighted by Gasteiger charge is 2.33. The average Bonchev–Trinajstić information content (AvgIpc) is 3.36. The number of nitrogens with zero attached hydrogens (tertiary/aromatic N) is 5. The summed E-state index contributed by atoms with van der Waals surface area (Å²) >= 11 is 0. The first-order valence-corrected chi connectivity index (χ1v) is 11.2. The number of fused-ring (bicyclic) bond motifs is 1. The van der Waals surface area contributed by atoms with E-state index >= 15 is 0 Å². The molecule has 0 spiro atoms. The van der Waals surface area contributed by atoms with Gasteiger partial charge in [0, 0.05) is 17.3 Å². The minimum absolute atomic E-state index is 0.0343. The predicted octanol–water partition coefficient (Wildman–Crippen LogP) is 3.35. The first-order chi connectivity index (χ1) is 16.4. The van der Waals surface area contributed by atoms with Crippen LogP contribution in [-0.4, -0.2) is 55.5 Å². The van der Waals surface area contributed by atoms with Crippen molar-refractivity contribution in [2.45, 2.75) is 58.3 Å². The van der Waals surface area contributed by atoms with Crippen molar-refractivity contribution >= 4 is 17.5 Å². The lowest BCUT2D eigenvalue weighted by Crippen LogP contribution is -2.38. The molecule has 2 N–H and O–H groups in total. The van der Waals surface area contributed by atoms with Gasteiger partial charge < -0.3 is 10.4 Å². The number of aliphatic hydroxyl groups is 1. The zero-order valence-electron chi connectivity index (χ0n) is 19.8. The van der Waals surface area contributed by atoms with Crippen molar-refractivity contribution in [2.24, 2.45) is 10.1 Å². The van der Waals surface area contributed by atoms with Crippen LogP contribution in [0.1, 0.15) is 56.9 Å². The van der Waals surface area contributed by atoms with Gasteiger partial charge >= 0.3 is 0 Å². The molecular formula is C24H27F3N6O2. The molecule has 2 aliphatic rings. The Hall–Kier alpha value is -3.47. The van der Waals surface area contributed by atoms with Crippen molar-refractivity contribution in [3.05, 3.63) is 64.7 Å². The number of carbonyl (C=O) groups excluding carboxylic acids is 1. The number of hydrogen-bond donors (Lipinski definition) is 2. The van der Waals surface area contributed by atoms with E-state index < -0.39 is 35.4 Å². The van der Waals surface area contributed by atoms with E-state index in [1.54, 1.807) is 42.0 Å². The van der Waals surface area contributed by atoms with E-state index in [0.717, 1.165) is 6.07 Å². The largest absolute Gasteiger partial charge is 0.389 e. The standard InChI is InChI=1S/C24H27F3N6O2/c1-13-10-33-22(29-13)18(8-19(31-33)15-9-28-32(11-15)12-24(3,4)35)23(34)30-14(2)16-6-5-7-17(20(16)25)21(26)27/h5-9,11,13-14,21,35H,10,12H2,1-4H3,(H,30,34)/t13-,14-/m1/s1. The van der Waals surface area contributed by atoms with E-state index in [4.69, 9.17) is 0 Å². The third-order valence-corrected chi connectivity index (χ3v) is 5.60. The molecule has 3 heterocycles. The maximum Gasteiger partial charge on any atom is 0.266 e. The second-order valence-corrected chi connectivity index (χ2v) is 9.41. The molecule has 35 heavy (non-hydrogen) atoms. The Balaban J connectivity index is 1.61. The average molecular weight is 489 g/mol. The van der Waals surface area contributed by atoms with E-state index in [1.165, 1.54) is 19.1 Å². The maximum absolute atomic E-state index is 14.6. The molecule has 0 saturated heterocycles. The van der Waals surface area contributed by atoms with E-state index in [1.807, 2.05) is 6.92 Å². The fraction of sp³-hybridized carbons (Fsp3) is 0.417. The zero-order valence-corrected chi connectivity index (χ0v) is 19.8. The maximum atomic E-state index is 14.6. The van der Waals surface area contributed by atoms with Gasteiger partial charge in [0.15, 0.2) is 5.84 Å². The van der Waals surface area contributed by atoms with Crippen LogP contribution in [0.15, 0.2) is 52.3 Å². The number of alkyl halides is 2. The van der Waals surface area contributed by atoms with E-state index in [9.17, 15) is 23.1 Å². The third kappa shape index (κ3) is 5.29. The molecule has 0 saturated carbocycles. The molecule has 0 unspecified atom stereocenters. The van der Waals surface area contributed by atoms with Crippen molar-refractivity contribution in [3.63, 3.8) is 0 Å². The van der Waals surface area contributed by atoms with Crippen LogP contribution < -0.4 is 5.32 Å². The number of hydrazone groups is 1. The van der Waals surface area contributed by atoms with Gasteiger partial charge in [-0.1, -0.05) is 18.2 Å². The number of hydrogen-bond acceptors (Lipinski definition) is 6. The van der Waals surface area contributed by atoms with Gasteiger partial charge in [-0.05, 0) is 33.8 Å². The molecule has 186 valence electrons. The van der Waals surface area contributed by atoms with Gasteiger partial charge in [-0.2, -0.15) is 10.2 Å². The summed E-state index contributed by atoms with van der Waals surface area (Å²) in [6.45, 7) is 7.51. The molecule has 11 heteroatoms. The van der Waals surface area contributed by atoms with Gasteiger partial charge in [0.25, 0.3) is 12.3 Å². The van der Waals surface area contributed by atoms with Crippen LogP contribution in [0.2, 0.25) is 0 Å². The van der Waals surface area contributed by atoms with Gasteiger partial charge in [-0.3, -0.25) is 14.5 Å². The van der Waals surface area contributed by atoms with Crippen molar-refractivity contribution < 1.29 is 23.1 Å². The number of aromatic nitrogens is 2. The first-order valence-electron chi connectivity index (χ1n) is 11.2. The Kier molecular flexibility index (Phi) is 6.54. The van der Waals surface area contributed by atoms with Crippen LogP contribution in [0.4, 0.5) is 13.2 Å². The number of amides is 1. The van der Waals surface area contributed by atoms with Crippen LogP contribution in [0.5, 0.6) is 0 Å². The van der Waals surface area contributed by atoms with Gasteiger partial charge in [0.1, 0.15) is 5.82 Å². The Labute approximate surface area is 200 Å². The summed E-state index contributed by atoms with van der Waals surface area (Å²) in [6.07, 6.45) is 1.93. The number of carbonyl (C=O) groups is 1. The Morgan fingerprint density at radius 3 is 2.71 bits per heavy atom. The lowest BCUT2D eigenvalue weighted by molar-refractivity contribution is -0.117. The number of halogens is 3. The fourth-order valence-electron chi connectivity index (χ4n) is 4.02. The molecular weight excluding hydrogens is 461 g/mol. The summed E-state index contributed by atoms with van der Waals surface area (Å²) < 4.78 is 42.4. The van der Waals surface area contributed by atoms with Crippen molar-refractivity contribution in [3.8, 4) is 0 Å². The smallest absolute Gasteiger partial charge is 0.266 e. The summed E-state index contributed by atoms with van der Waals surface area (Å²) in [5, 5.41) is 23.2. The van der Waals surface area contributed by atoms with Gasteiger partial charge in [-0.15, -0.1) is 0 Å². The Bertz CT molecular complexity index is 1230. The molecule has 8 nitrogen and oxygen atoms in total. The Morgan fingerprint density at radius 2 is 2.03 bits per heavy atom. The molecule has 2 atom stereocenters. The highest BCUT2D eigenvalue weighted by molar-refractivity contribution is 6.28. The normalized spacial score (nSPS) is 18.7. The third-order valence-electron chi connectivity index (χ3n) is 5.60. The number of aliphatic imine (C=N–C) groups is 1. The topological polar surface area (TPSA) is 95.1 Å². The summed E-state index contributed by atoms with van der Waals surface area (Å²) in [4.78, 5) is 17.8. The molecule has 1 aromatic carbocycles. The summed E-state index contributed by atoms with van der Waals surface area (Å²) in [5.41, 5.74) is -0.362. The fourth-order valence-corrected chi connectivity index (χ4v) is 4.02. The molecule has 0 radical (unpaired) electrons. The van der Waals surface area contributed by atoms with E-state index in [0.29, 0.717) is 23.7 Å². The lowest BCUT2D eigenvalue weighted by Gasteiger charge is -2.24. The van der Waals surface area contributed by atoms with Crippen LogP contribution in [0.25, 0.3) is 0 Å². The molecule has 1 amide bonds. The summed E-state index contributed by atoms with van der Waals surface area (Å²) in [7, 11) is 0. The first kappa shape index (κ1) is 24.6. The monoisotopic (exact) mass is 488 g/mol.